The molecule has 0 bridgehead atoms. The number of carbonyl (C=O) groups is 2. The Balaban J connectivity index is 2.26. The molecule has 21 heavy (non-hydrogen) atoms. The molecular weight excluding hydrogens is 288 g/mol. The summed E-state index contributed by atoms with van der Waals surface area (Å²) in [5, 5.41) is 2.06. The van der Waals surface area contributed by atoms with Gasteiger partial charge >= 0.3 is 11.9 Å². The Hall–Kier alpha value is -2.40. The average molecular weight is 300 g/mol. The zero-order valence-electron chi connectivity index (χ0n) is 11.5. The van der Waals surface area contributed by atoms with Crippen LogP contribution in [-0.4, -0.2) is 11.9 Å². The fourth-order valence-corrected chi connectivity index (χ4v) is 3.32. The van der Waals surface area contributed by atoms with E-state index in [1.54, 1.807) is 23.5 Å². The van der Waals surface area contributed by atoms with Gasteiger partial charge in [-0.05, 0) is 12.1 Å². The Morgan fingerprint density at radius 3 is 2.14 bits per heavy atom. The van der Waals surface area contributed by atoms with Crippen molar-refractivity contribution in [3.05, 3.63) is 36.4 Å². The van der Waals surface area contributed by atoms with Gasteiger partial charge in [0.15, 0.2) is 11.5 Å². The van der Waals surface area contributed by atoms with E-state index in [2.05, 4.69) is 0 Å². The maximum atomic E-state index is 11.2. The fourth-order valence-electron chi connectivity index (χ4n) is 2.20. The SMILES string of the molecule is CC(=O)Oc1cc2sc3ccccc3c2cc1OC(C)=O. The lowest BCUT2D eigenvalue weighted by Crippen LogP contribution is -2.06. The first-order valence-electron chi connectivity index (χ1n) is 6.37. The second kappa shape index (κ2) is 5.18. The van der Waals surface area contributed by atoms with E-state index in [0.29, 0.717) is 0 Å². The van der Waals surface area contributed by atoms with Crippen molar-refractivity contribution in [1.82, 2.24) is 0 Å². The Bertz CT molecular complexity index is 863. The van der Waals surface area contributed by atoms with E-state index in [0.717, 1.165) is 20.2 Å². The van der Waals surface area contributed by atoms with Gasteiger partial charge in [-0.1, -0.05) is 18.2 Å². The van der Waals surface area contributed by atoms with Crippen molar-refractivity contribution in [3.63, 3.8) is 0 Å². The van der Waals surface area contributed by atoms with Gasteiger partial charge in [0.1, 0.15) is 0 Å². The van der Waals surface area contributed by atoms with E-state index < -0.39 is 11.9 Å². The molecule has 106 valence electrons. The molecule has 0 fully saturated rings. The molecule has 0 amide bonds. The summed E-state index contributed by atoms with van der Waals surface area (Å²) in [5.41, 5.74) is 0. The van der Waals surface area contributed by atoms with Gasteiger partial charge in [0.05, 0.1) is 0 Å². The van der Waals surface area contributed by atoms with Crippen LogP contribution in [0, 0.1) is 0 Å². The predicted molar refractivity (Wildman–Crippen MR) is 81.9 cm³/mol. The Labute approximate surface area is 124 Å². The number of fused-ring (bicyclic) bond motifs is 3. The molecule has 5 heteroatoms. The minimum Gasteiger partial charge on any atom is -0.423 e. The molecule has 0 saturated carbocycles. The Morgan fingerprint density at radius 2 is 1.48 bits per heavy atom. The monoisotopic (exact) mass is 300 g/mol. The molecule has 3 rings (SSSR count). The third-order valence-electron chi connectivity index (χ3n) is 2.95. The van der Waals surface area contributed by atoms with Gasteiger partial charge in [-0.25, -0.2) is 0 Å². The maximum Gasteiger partial charge on any atom is 0.308 e. The molecule has 2 aromatic carbocycles. The summed E-state index contributed by atoms with van der Waals surface area (Å²) in [4.78, 5) is 22.4. The number of ether oxygens (including phenoxy) is 2. The van der Waals surface area contributed by atoms with Crippen LogP contribution < -0.4 is 9.47 Å². The normalized spacial score (nSPS) is 10.8. The lowest BCUT2D eigenvalue weighted by molar-refractivity contribution is -0.134. The van der Waals surface area contributed by atoms with Crippen LogP contribution in [0.1, 0.15) is 13.8 Å². The van der Waals surface area contributed by atoms with Crippen LogP contribution in [0.25, 0.3) is 20.2 Å². The van der Waals surface area contributed by atoms with Gasteiger partial charge in [0.25, 0.3) is 0 Å². The first-order chi connectivity index (χ1) is 10.0. The molecule has 0 unspecified atom stereocenters. The topological polar surface area (TPSA) is 52.6 Å². The number of carbonyl (C=O) groups excluding carboxylic acids is 2. The summed E-state index contributed by atoms with van der Waals surface area (Å²) in [6.45, 7) is 2.63. The second-order valence-corrected chi connectivity index (χ2v) is 5.66. The number of esters is 2. The molecule has 0 spiro atoms. The van der Waals surface area contributed by atoms with Crippen LogP contribution in [0.2, 0.25) is 0 Å². The summed E-state index contributed by atoms with van der Waals surface area (Å²) in [7, 11) is 0. The summed E-state index contributed by atoms with van der Waals surface area (Å²) < 4.78 is 12.4. The highest BCUT2D eigenvalue weighted by atomic mass is 32.1. The molecule has 3 aromatic rings. The summed E-state index contributed by atoms with van der Waals surface area (Å²) in [6.07, 6.45) is 0. The third kappa shape index (κ3) is 2.60. The van der Waals surface area contributed by atoms with E-state index in [-0.39, 0.29) is 11.5 Å². The molecule has 0 saturated heterocycles. The highest BCUT2D eigenvalue weighted by Crippen LogP contribution is 2.40. The second-order valence-electron chi connectivity index (χ2n) is 4.58. The van der Waals surface area contributed by atoms with E-state index in [4.69, 9.17) is 9.47 Å². The number of hydrogen-bond acceptors (Lipinski definition) is 5. The summed E-state index contributed by atoms with van der Waals surface area (Å²) >= 11 is 1.60. The highest BCUT2D eigenvalue weighted by molar-refractivity contribution is 7.25. The zero-order chi connectivity index (χ0) is 15.0. The Kier molecular flexibility index (Phi) is 3.35. The van der Waals surface area contributed by atoms with Gasteiger partial charge in [-0.3, -0.25) is 9.59 Å². The molecule has 0 N–H and O–H groups in total. The van der Waals surface area contributed by atoms with Crippen molar-refractivity contribution >= 4 is 43.4 Å². The van der Waals surface area contributed by atoms with Crippen LogP contribution in [0.15, 0.2) is 36.4 Å². The van der Waals surface area contributed by atoms with Gasteiger partial charge in [-0.15, -0.1) is 11.3 Å². The standard InChI is InChI=1S/C16H12O4S/c1-9(17)19-13-7-12-11-5-3-4-6-15(11)21-16(12)8-14(13)20-10(2)18/h3-8H,1-2H3. The van der Waals surface area contributed by atoms with Crippen molar-refractivity contribution in [2.24, 2.45) is 0 Å². The molecule has 0 aliphatic heterocycles. The van der Waals surface area contributed by atoms with Crippen molar-refractivity contribution in [2.45, 2.75) is 13.8 Å². The van der Waals surface area contributed by atoms with E-state index >= 15 is 0 Å². The van der Waals surface area contributed by atoms with Crippen molar-refractivity contribution in [3.8, 4) is 11.5 Å². The minimum absolute atomic E-state index is 0.258. The quantitative estimate of drug-likeness (QED) is 0.532. The number of thiophene rings is 1. The molecule has 0 atom stereocenters. The largest absolute Gasteiger partial charge is 0.423 e. The van der Waals surface area contributed by atoms with Crippen LogP contribution in [0.5, 0.6) is 11.5 Å². The lowest BCUT2D eigenvalue weighted by Gasteiger charge is -2.08. The van der Waals surface area contributed by atoms with Crippen molar-refractivity contribution < 1.29 is 19.1 Å². The first kappa shape index (κ1) is 13.6. The van der Waals surface area contributed by atoms with E-state index in [9.17, 15) is 9.59 Å². The first-order valence-corrected chi connectivity index (χ1v) is 7.18. The lowest BCUT2D eigenvalue weighted by atomic mass is 10.1. The molecule has 0 radical (unpaired) electrons. The molecule has 0 aliphatic carbocycles. The van der Waals surface area contributed by atoms with Crippen LogP contribution >= 0.6 is 11.3 Å². The third-order valence-corrected chi connectivity index (χ3v) is 4.08. The van der Waals surface area contributed by atoms with Gasteiger partial charge in [0.2, 0.25) is 0 Å². The highest BCUT2D eigenvalue weighted by Gasteiger charge is 2.15. The molecule has 1 heterocycles. The van der Waals surface area contributed by atoms with Crippen LogP contribution in [-0.2, 0) is 9.59 Å². The fraction of sp³-hybridized carbons (Fsp3) is 0.125. The van der Waals surface area contributed by atoms with E-state index in [1.165, 1.54) is 13.8 Å². The zero-order valence-corrected chi connectivity index (χ0v) is 12.3. The van der Waals surface area contributed by atoms with Gasteiger partial charge in [-0.2, -0.15) is 0 Å². The van der Waals surface area contributed by atoms with Crippen molar-refractivity contribution in [2.75, 3.05) is 0 Å². The van der Waals surface area contributed by atoms with E-state index in [1.807, 2.05) is 24.3 Å². The molecular formula is C16H12O4S. The number of hydrogen-bond donors (Lipinski definition) is 0. The van der Waals surface area contributed by atoms with Gasteiger partial charge < -0.3 is 9.47 Å². The predicted octanol–water partition coefficient (Wildman–Crippen LogP) is 3.91. The average Bonchev–Trinajstić information content (AvgIpc) is 2.75. The van der Waals surface area contributed by atoms with Crippen molar-refractivity contribution in [1.29, 1.82) is 0 Å². The minimum atomic E-state index is -0.456. The number of benzene rings is 2. The smallest absolute Gasteiger partial charge is 0.308 e. The number of rotatable bonds is 2. The molecule has 1 aromatic heterocycles. The van der Waals surface area contributed by atoms with Crippen LogP contribution in [0.4, 0.5) is 0 Å². The van der Waals surface area contributed by atoms with Gasteiger partial charge in [0, 0.05) is 40.1 Å². The summed E-state index contributed by atoms with van der Waals surface area (Å²) in [6, 6.07) is 11.4. The molecule has 0 aliphatic rings. The maximum absolute atomic E-state index is 11.2. The Morgan fingerprint density at radius 1 is 0.857 bits per heavy atom. The van der Waals surface area contributed by atoms with Crippen LogP contribution in [0.3, 0.4) is 0 Å². The molecule has 4 nitrogen and oxygen atoms in total. The summed E-state index contributed by atoms with van der Waals surface area (Å²) in [5.74, 6) is -0.392.